The normalized spacial score (nSPS) is 12.6. The lowest BCUT2D eigenvalue weighted by Gasteiger charge is -2.13. The zero-order valence-corrected chi connectivity index (χ0v) is 10.2. The van der Waals surface area contributed by atoms with Crippen LogP contribution in [-0.2, 0) is 16.1 Å². The lowest BCUT2D eigenvalue weighted by atomic mass is 10.4. The minimum absolute atomic E-state index is 0.0278. The number of ether oxygens (including phenoxy) is 1. The predicted molar refractivity (Wildman–Crippen MR) is 61.7 cm³/mol. The van der Waals surface area contributed by atoms with Crippen LogP contribution in [0.3, 0.4) is 0 Å². The molecular formula is C10H16N2O3S. The number of hydrogen-bond acceptors (Lipinski definition) is 4. The molecular weight excluding hydrogens is 228 g/mol. The molecule has 0 bridgehead atoms. The number of rotatable bonds is 7. The second-order valence-corrected chi connectivity index (χ2v) is 4.25. The Morgan fingerprint density at radius 2 is 2.50 bits per heavy atom. The molecule has 1 atom stereocenters. The molecule has 0 amide bonds. The number of carboxylic acids is 1. The van der Waals surface area contributed by atoms with E-state index in [-0.39, 0.29) is 11.9 Å². The van der Waals surface area contributed by atoms with Crippen LogP contribution >= 0.6 is 11.8 Å². The van der Waals surface area contributed by atoms with Gasteiger partial charge in [-0.05, 0) is 13.8 Å². The highest BCUT2D eigenvalue weighted by atomic mass is 32.2. The molecule has 0 radical (unpaired) electrons. The highest BCUT2D eigenvalue weighted by molar-refractivity contribution is 7.99. The van der Waals surface area contributed by atoms with E-state index in [4.69, 9.17) is 9.84 Å². The van der Waals surface area contributed by atoms with Crippen LogP contribution < -0.4 is 0 Å². The van der Waals surface area contributed by atoms with Crippen molar-refractivity contribution in [2.45, 2.75) is 31.7 Å². The van der Waals surface area contributed by atoms with E-state index in [1.807, 2.05) is 24.6 Å². The molecule has 90 valence electrons. The molecule has 6 heteroatoms. The van der Waals surface area contributed by atoms with Gasteiger partial charge in [0.15, 0.2) is 5.16 Å². The number of carboxylic acid groups (broad SMARTS) is 1. The summed E-state index contributed by atoms with van der Waals surface area (Å²) in [6, 6.07) is 0. The Hall–Kier alpha value is -1.01. The third-order valence-corrected chi connectivity index (χ3v) is 2.90. The Kier molecular flexibility index (Phi) is 5.34. The maximum atomic E-state index is 10.4. The van der Waals surface area contributed by atoms with Gasteiger partial charge in [-0.15, -0.1) is 0 Å². The average molecular weight is 244 g/mol. The first kappa shape index (κ1) is 13.1. The van der Waals surface area contributed by atoms with Crippen molar-refractivity contribution < 1.29 is 14.6 Å². The zero-order chi connectivity index (χ0) is 12.0. The van der Waals surface area contributed by atoms with Crippen LogP contribution in [0.1, 0.15) is 13.8 Å². The fourth-order valence-corrected chi connectivity index (χ4v) is 2.00. The number of hydrogen-bond donors (Lipinski definition) is 1. The maximum Gasteiger partial charge on any atom is 0.313 e. The van der Waals surface area contributed by atoms with Crippen LogP contribution in [0.25, 0.3) is 0 Å². The van der Waals surface area contributed by atoms with E-state index in [1.54, 1.807) is 6.20 Å². The number of aromatic nitrogens is 2. The molecule has 0 aliphatic rings. The van der Waals surface area contributed by atoms with Crippen LogP contribution in [0.4, 0.5) is 0 Å². The molecule has 1 aromatic heterocycles. The number of carbonyl (C=O) groups is 1. The quantitative estimate of drug-likeness (QED) is 0.736. The molecule has 1 aromatic rings. The Bertz CT molecular complexity index is 341. The van der Waals surface area contributed by atoms with Gasteiger partial charge in [-0.25, -0.2) is 4.98 Å². The van der Waals surface area contributed by atoms with Crippen LogP contribution in [-0.4, -0.2) is 39.1 Å². The van der Waals surface area contributed by atoms with E-state index in [0.717, 1.165) is 0 Å². The third-order valence-electron chi connectivity index (χ3n) is 1.91. The zero-order valence-electron chi connectivity index (χ0n) is 9.42. The van der Waals surface area contributed by atoms with E-state index < -0.39 is 5.97 Å². The van der Waals surface area contributed by atoms with Crippen molar-refractivity contribution in [2.75, 3.05) is 12.4 Å². The largest absolute Gasteiger partial charge is 0.481 e. The maximum absolute atomic E-state index is 10.4. The van der Waals surface area contributed by atoms with Crippen molar-refractivity contribution in [1.82, 2.24) is 9.55 Å². The summed E-state index contributed by atoms with van der Waals surface area (Å²) in [5.74, 6) is -0.808. The fourth-order valence-electron chi connectivity index (χ4n) is 1.32. The van der Waals surface area contributed by atoms with Gasteiger partial charge in [-0.2, -0.15) is 0 Å². The van der Waals surface area contributed by atoms with Gasteiger partial charge < -0.3 is 14.4 Å². The second-order valence-electron chi connectivity index (χ2n) is 3.31. The molecule has 0 aromatic carbocycles. The molecule has 0 aliphatic carbocycles. The number of nitrogens with zero attached hydrogens (tertiary/aromatic N) is 2. The minimum Gasteiger partial charge on any atom is -0.481 e. The summed E-state index contributed by atoms with van der Waals surface area (Å²) in [4.78, 5) is 14.6. The summed E-state index contributed by atoms with van der Waals surface area (Å²) < 4.78 is 7.33. The Balaban J connectivity index is 2.52. The van der Waals surface area contributed by atoms with Crippen molar-refractivity contribution in [2.24, 2.45) is 0 Å². The van der Waals surface area contributed by atoms with E-state index in [2.05, 4.69) is 4.98 Å². The monoisotopic (exact) mass is 244 g/mol. The third kappa shape index (κ3) is 4.24. The average Bonchev–Trinajstić information content (AvgIpc) is 2.62. The molecule has 0 saturated heterocycles. The van der Waals surface area contributed by atoms with Gasteiger partial charge in [0.1, 0.15) is 0 Å². The van der Waals surface area contributed by atoms with Gasteiger partial charge in [0, 0.05) is 19.0 Å². The van der Waals surface area contributed by atoms with Crippen molar-refractivity contribution >= 4 is 17.7 Å². The fraction of sp³-hybridized carbons (Fsp3) is 0.600. The number of aliphatic carboxylic acids is 1. The molecule has 5 nitrogen and oxygen atoms in total. The highest BCUT2D eigenvalue weighted by Gasteiger charge is 2.09. The topological polar surface area (TPSA) is 64.4 Å². The molecule has 1 heterocycles. The predicted octanol–water partition coefficient (Wildman–Crippen LogP) is 1.48. The summed E-state index contributed by atoms with van der Waals surface area (Å²) in [5, 5.41) is 9.30. The van der Waals surface area contributed by atoms with Crippen molar-refractivity contribution in [3.63, 3.8) is 0 Å². The molecule has 1 unspecified atom stereocenters. The molecule has 0 spiro atoms. The van der Waals surface area contributed by atoms with Crippen LogP contribution in [0.15, 0.2) is 17.6 Å². The first-order valence-corrected chi connectivity index (χ1v) is 6.09. The smallest absolute Gasteiger partial charge is 0.313 e. The van der Waals surface area contributed by atoms with Gasteiger partial charge in [0.05, 0.1) is 18.4 Å². The first-order valence-electron chi connectivity index (χ1n) is 5.10. The van der Waals surface area contributed by atoms with Crippen LogP contribution in [0, 0.1) is 0 Å². The van der Waals surface area contributed by atoms with Crippen molar-refractivity contribution in [1.29, 1.82) is 0 Å². The van der Waals surface area contributed by atoms with E-state index >= 15 is 0 Å². The Morgan fingerprint density at radius 1 is 1.75 bits per heavy atom. The lowest BCUT2D eigenvalue weighted by Crippen LogP contribution is -2.16. The lowest BCUT2D eigenvalue weighted by molar-refractivity contribution is -0.133. The van der Waals surface area contributed by atoms with E-state index in [1.165, 1.54) is 11.8 Å². The molecule has 1 rings (SSSR count). The minimum atomic E-state index is -0.836. The summed E-state index contributed by atoms with van der Waals surface area (Å²) in [6.45, 7) is 5.29. The Morgan fingerprint density at radius 3 is 3.12 bits per heavy atom. The number of imidazole rings is 1. The van der Waals surface area contributed by atoms with Gasteiger partial charge in [0.2, 0.25) is 0 Å². The van der Waals surface area contributed by atoms with Crippen molar-refractivity contribution in [3.8, 4) is 0 Å². The van der Waals surface area contributed by atoms with E-state index in [9.17, 15) is 4.79 Å². The molecule has 1 N–H and O–H groups in total. The van der Waals surface area contributed by atoms with Crippen molar-refractivity contribution in [3.05, 3.63) is 12.4 Å². The summed E-state index contributed by atoms with van der Waals surface area (Å²) in [6.07, 6.45) is 3.60. The Labute approximate surface area is 98.8 Å². The number of thioether (sulfide) groups is 1. The highest BCUT2D eigenvalue weighted by Crippen LogP contribution is 2.16. The molecule has 0 fully saturated rings. The second kappa shape index (κ2) is 6.55. The summed E-state index contributed by atoms with van der Waals surface area (Å²) in [5.41, 5.74) is 0. The van der Waals surface area contributed by atoms with Gasteiger partial charge in [-0.3, -0.25) is 4.79 Å². The van der Waals surface area contributed by atoms with Gasteiger partial charge >= 0.3 is 5.97 Å². The van der Waals surface area contributed by atoms with Gasteiger partial charge in [0.25, 0.3) is 0 Å². The summed E-state index contributed by atoms with van der Waals surface area (Å²) in [7, 11) is 0. The van der Waals surface area contributed by atoms with Crippen LogP contribution in [0.5, 0.6) is 0 Å². The summed E-state index contributed by atoms with van der Waals surface area (Å²) >= 11 is 1.22. The van der Waals surface area contributed by atoms with Gasteiger partial charge in [-0.1, -0.05) is 11.8 Å². The standard InChI is InChI=1S/C10H16N2O3S/c1-3-15-8(2)6-12-5-4-11-10(12)16-7-9(13)14/h4-5,8H,3,6-7H2,1-2H3,(H,13,14). The van der Waals surface area contributed by atoms with Crippen LogP contribution in [0.2, 0.25) is 0 Å². The molecule has 0 aliphatic heterocycles. The molecule has 16 heavy (non-hydrogen) atoms. The molecule has 0 saturated carbocycles. The van der Waals surface area contributed by atoms with E-state index in [0.29, 0.717) is 18.3 Å². The SMILES string of the molecule is CCOC(C)Cn1ccnc1SCC(=O)O. The first-order chi connectivity index (χ1) is 7.63.